The predicted octanol–water partition coefficient (Wildman–Crippen LogP) is 3.40. The van der Waals surface area contributed by atoms with Gasteiger partial charge in [-0.15, -0.1) is 0 Å². The maximum Gasteiger partial charge on any atom is 0.260 e. The fraction of sp³-hybridized carbons (Fsp3) is 0.882. The molecule has 21 heavy (non-hydrogen) atoms. The Balaban J connectivity index is 1.88. The van der Waals surface area contributed by atoms with Crippen molar-refractivity contribution in [1.82, 2.24) is 10.2 Å². The Morgan fingerprint density at radius 1 is 1.43 bits per heavy atom. The number of rotatable bonds is 4. The highest BCUT2D eigenvalue weighted by atomic mass is 19.3. The third kappa shape index (κ3) is 4.75. The number of nitrogens with zero attached hydrogens (tertiary/aromatic N) is 1. The fourth-order valence-corrected chi connectivity index (χ4v) is 4.06. The van der Waals surface area contributed by atoms with E-state index < -0.39 is 5.92 Å². The van der Waals surface area contributed by atoms with Crippen LogP contribution in [0.15, 0.2) is 12.2 Å². The summed E-state index contributed by atoms with van der Waals surface area (Å²) in [7, 11) is 1.81. The summed E-state index contributed by atoms with van der Waals surface area (Å²) in [6, 6.07) is 0. The number of piperidine rings is 2. The second-order valence-electron chi connectivity index (χ2n) is 7.53. The molecule has 2 aliphatic rings. The Morgan fingerprint density at radius 2 is 2.14 bits per heavy atom. The van der Waals surface area contributed by atoms with Crippen LogP contribution in [0.4, 0.5) is 8.78 Å². The normalized spacial score (nSPS) is 35.4. The van der Waals surface area contributed by atoms with Crippen LogP contribution in [0, 0.1) is 23.7 Å². The highest BCUT2D eigenvalue weighted by Crippen LogP contribution is 2.37. The molecule has 2 heterocycles. The summed E-state index contributed by atoms with van der Waals surface area (Å²) in [4.78, 5) is 1.79. The molecule has 0 aliphatic carbocycles. The molecule has 2 nitrogen and oxygen atoms in total. The summed E-state index contributed by atoms with van der Waals surface area (Å²) in [5.74, 6) is -0.905. The number of halogens is 2. The van der Waals surface area contributed by atoms with Crippen molar-refractivity contribution in [3.05, 3.63) is 12.2 Å². The molecule has 2 saturated heterocycles. The maximum atomic E-state index is 13.7. The van der Waals surface area contributed by atoms with Gasteiger partial charge in [-0.1, -0.05) is 19.1 Å². The van der Waals surface area contributed by atoms with Crippen molar-refractivity contribution in [2.75, 3.05) is 33.2 Å². The van der Waals surface area contributed by atoms with E-state index in [0.717, 1.165) is 32.5 Å². The van der Waals surface area contributed by atoms with E-state index in [0.29, 0.717) is 17.8 Å². The van der Waals surface area contributed by atoms with Gasteiger partial charge in [0.1, 0.15) is 0 Å². The zero-order chi connectivity index (χ0) is 15.6. The minimum absolute atomic E-state index is 0.0581. The van der Waals surface area contributed by atoms with Crippen LogP contribution in [0.25, 0.3) is 0 Å². The predicted molar refractivity (Wildman–Crippen MR) is 83.6 cm³/mol. The van der Waals surface area contributed by atoms with E-state index >= 15 is 0 Å². The van der Waals surface area contributed by atoms with Crippen LogP contribution in [0.1, 0.15) is 33.1 Å². The van der Waals surface area contributed by atoms with Gasteiger partial charge in [0.2, 0.25) is 0 Å². The molecular formula is C17H30F2N2. The van der Waals surface area contributed by atoms with E-state index in [1.165, 1.54) is 5.57 Å². The standard InChI is InChI=1S/C17H30F2N2/c1-12(2)15-6-14(8-20-9-15)5-13(3)16-7-17(18,19)11-21(4)10-16/h13-16,20H,1,5-11H2,2-4H3. The molecule has 122 valence electrons. The van der Waals surface area contributed by atoms with Gasteiger partial charge in [0, 0.05) is 19.5 Å². The number of alkyl halides is 2. The Hall–Kier alpha value is -0.480. The highest BCUT2D eigenvalue weighted by molar-refractivity contribution is 5.00. The van der Waals surface area contributed by atoms with Gasteiger partial charge in [-0.3, -0.25) is 0 Å². The van der Waals surface area contributed by atoms with Crippen molar-refractivity contribution in [3.8, 4) is 0 Å². The van der Waals surface area contributed by atoms with E-state index in [9.17, 15) is 8.78 Å². The minimum atomic E-state index is -2.52. The van der Waals surface area contributed by atoms with Gasteiger partial charge in [-0.25, -0.2) is 8.78 Å². The molecule has 0 aromatic rings. The van der Waals surface area contributed by atoms with Crippen molar-refractivity contribution in [1.29, 1.82) is 0 Å². The molecule has 2 aliphatic heterocycles. The van der Waals surface area contributed by atoms with E-state index in [2.05, 4.69) is 25.7 Å². The maximum absolute atomic E-state index is 13.7. The van der Waals surface area contributed by atoms with E-state index in [4.69, 9.17) is 0 Å². The molecule has 0 spiro atoms. The summed E-state index contributed by atoms with van der Waals surface area (Å²) >= 11 is 0. The Morgan fingerprint density at radius 3 is 2.76 bits per heavy atom. The Labute approximate surface area is 128 Å². The third-order valence-electron chi connectivity index (χ3n) is 5.26. The molecule has 4 unspecified atom stereocenters. The van der Waals surface area contributed by atoms with Crippen LogP contribution in [0.3, 0.4) is 0 Å². The highest BCUT2D eigenvalue weighted by Gasteiger charge is 2.41. The van der Waals surface area contributed by atoms with Crippen LogP contribution >= 0.6 is 0 Å². The summed E-state index contributed by atoms with van der Waals surface area (Å²) in [6.45, 7) is 11.1. The fourth-order valence-electron chi connectivity index (χ4n) is 4.06. The van der Waals surface area contributed by atoms with Crippen molar-refractivity contribution in [3.63, 3.8) is 0 Å². The summed E-state index contributed by atoms with van der Waals surface area (Å²) in [6.07, 6.45) is 2.26. The second kappa shape index (κ2) is 6.74. The van der Waals surface area contributed by atoms with Gasteiger partial charge in [0.05, 0.1) is 6.54 Å². The first-order chi connectivity index (χ1) is 9.77. The van der Waals surface area contributed by atoms with Gasteiger partial charge in [-0.05, 0) is 57.0 Å². The monoisotopic (exact) mass is 300 g/mol. The molecule has 0 bridgehead atoms. The minimum Gasteiger partial charge on any atom is -0.316 e. The first-order valence-electron chi connectivity index (χ1n) is 8.19. The molecule has 1 N–H and O–H groups in total. The Bertz CT molecular complexity index is 370. The number of nitrogens with one attached hydrogen (secondary N) is 1. The second-order valence-corrected chi connectivity index (χ2v) is 7.53. The molecule has 4 heteroatoms. The number of hydrogen-bond acceptors (Lipinski definition) is 2. The molecule has 0 aromatic heterocycles. The largest absolute Gasteiger partial charge is 0.316 e. The van der Waals surface area contributed by atoms with Gasteiger partial charge < -0.3 is 10.2 Å². The van der Waals surface area contributed by atoms with Gasteiger partial charge in [0.15, 0.2) is 0 Å². The quantitative estimate of drug-likeness (QED) is 0.801. The van der Waals surface area contributed by atoms with Gasteiger partial charge >= 0.3 is 0 Å². The summed E-state index contributed by atoms with van der Waals surface area (Å²) in [5.41, 5.74) is 1.24. The van der Waals surface area contributed by atoms with Gasteiger partial charge in [0.25, 0.3) is 5.92 Å². The number of hydrogen-bond donors (Lipinski definition) is 1. The molecule has 2 rings (SSSR count). The molecule has 4 atom stereocenters. The topological polar surface area (TPSA) is 15.3 Å². The Kier molecular flexibility index (Phi) is 5.42. The van der Waals surface area contributed by atoms with E-state index in [-0.39, 0.29) is 18.9 Å². The van der Waals surface area contributed by atoms with Crippen molar-refractivity contribution in [2.24, 2.45) is 23.7 Å². The average Bonchev–Trinajstić information content (AvgIpc) is 2.36. The lowest BCUT2D eigenvalue weighted by atomic mass is 9.76. The molecule has 2 fully saturated rings. The van der Waals surface area contributed by atoms with Crippen LogP contribution in [0.5, 0.6) is 0 Å². The number of likely N-dealkylation sites (tertiary alicyclic amines) is 1. The summed E-state index contributed by atoms with van der Waals surface area (Å²) in [5, 5.41) is 3.48. The van der Waals surface area contributed by atoms with Crippen molar-refractivity contribution in [2.45, 2.75) is 39.0 Å². The molecular weight excluding hydrogens is 270 g/mol. The van der Waals surface area contributed by atoms with Crippen LogP contribution in [-0.2, 0) is 0 Å². The molecule has 0 saturated carbocycles. The van der Waals surface area contributed by atoms with Crippen molar-refractivity contribution >= 4 is 0 Å². The van der Waals surface area contributed by atoms with Crippen LogP contribution in [-0.4, -0.2) is 44.0 Å². The average molecular weight is 300 g/mol. The lowest BCUT2D eigenvalue weighted by molar-refractivity contribution is -0.0879. The zero-order valence-electron chi connectivity index (χ0n) is 13.7. The van der Waals surface area contributed by atoms with Crippen LogP contribution in [0.2, 0.25) is 0 Å². The molecule has 0 amide bonds. The SMILES string of the molecule is C=C(C)C1CNCC(CC(C)C2CN(C)CC(F)(F)C2)C1. The van der Waals surface area contributed by atoms with E-state index in [1.807, 2.05) is 7.05 Å². The van der Waals surface area contributed by atoms with Crippen molar-refractivity contribution < 1.29 is 8.78 Å². The first kappa shape index (κ1) is 16.9. The molecule has 0 radical (unpaired) electrons. The van der Waals surface area contributed by atoms with E-state index in [1.54, 1.807) is 4.90 Å². The lowest BCUT2D eigenvalue weighted by Crippen LogP contribution is -2.47. The zero-order valence-corrected chi connectivity index (χ0v) is 13.7. The lowest BCUT2D eigenvalue weighted by Gasteiger charge is -2.40. The van der Waals surface area contributed by atoms with Crippen LogP contribution < -0.4 is 5.32 Å². The third-order valence-corrected chi connectivity index (χ3v) is 5.26. The summed E-state index contributed by atoms with van der Waals surface area (Å²) < 4.78 is 27.5. The van der Waals surface area contributed by atoms with Gasteiger partial charge in [-0.2, -0.15) is 0 Å². The first-order valence-corrected chi connectivity index (χ1v) is 8.19. The molecule has 0 aromatic carbocycles. The smallest absolute Gasteiger partial charge is 0.260 e.